The fourth-order valence-electron chi connectivity index (χ4n) is 5.86. The van der Waals surface area contributed by atoms with E-state index in [0.29, 0.717) is 16.7 Å². The Morgan fingerprint density at radius 2 is 1.75 bits per heavy atom. The van der Waals surface area contributed by atoms with Gasteiger partial charge in [-0.25, -0.2) is 0 Å². The molecule has 2 aromatic heterocycles. The second-order valence-electron chi connectivity index (χ2n) is 10.7. The van der Waals surface area contributed by atoms with Crippen molar-refractivity contribution in [1.82, 2.24) is 14.9 Å². The van der Waals surface area contributed by atoms with E-state index < -0.39 is 5.54 Å². The number of carbonyl (C=O) groups excluding carboxylic acids is 2. The van der Waals surface area contributed by atoms with E-state index in [1.807, 2.05) is 44.0 Å². The number of pyridine rings is 2. The molecule has 2 fully saturated rings. The first-order valence-electron chi connectivity index (χ1n) is 12.0. The summed E-state index contributed by atoms with van der Waals surface area (Å²) in [7, 11) is 0. The molecule has 0 N–H and O–H groups in total. The van der Waals surface area contributed by atoms with Gasteiger partial charge >= 0.3 is 0 Å². The van der Waals surface area contributed by atoms with E-state index in [4.69, 9.17) is 0 Å². The number of aryl methyl sites for hydroxylation is 1. The van der Waals surface area contributed by atoms with E-state index >= 15 is 0 Å². The molecule has 6 rings (SSSR count). The number of nitrogens with zero attached hydrogens (tertiary/aromatic N) is 6. The lowest BCUT2D eigenvalue weighted by molar-refractivity contribution is -0.0105. The lowest BCUT2D eigenvalue weighted by atomic mass is 9.72. The first-order chi connectivity index (χ1) is 17.2. The van der Waals surface area contributed by atoms with Crippen LogP contribution < -0.4 is 9.80 Å². The minimum Gasteiger partial charge on any atom is -0.369 e. The summed E-state index contributed by atoms with van der Waals surface area (Å²) in [5.74, 6) is -0.0420. The molecule has 3 aliphatic heterocycles. The van der Waals surface area contributed by atoms with Crippen molar-refractivity contribution in [1.29, 1.82) is 5.26 Å². The zero-order chi connectivity index (χ0) is 25.2. The fraction of sp³-hybridized carbons (Fsp3) is 0.321. The molecule has 3 aromatic rings. The van der Waals surface area contributed by atoms with Crippen LogP contribution in [0.25, 0.3) is 0 Å². The summed E-state index contributed by atoms with van der Waals surface area (Å²) in [5, 5.41) is 9.31. The molecule has 0 bridgehead atoms. The minimum absolute atomic E-state index is 0.0437. The van der Waals surface area contributed by atoms with E-state index in [9.17, 15) is 14.9 Å². The molecule has 0 radical (unpaired) electrons. The largest absolute Gasteiger partial charge is 0.369 e. The highest BCUT2D eigenvalue weighted by molar-refractivity contribution is 6.12. The van der Waals surface area contributed by atoms with Gasteiger partial charge in [-0.15, -0.1) is 0 Å². The standard InChI is InChI=1S/C28H26N6O2/c1-18-6-7-30-13-23(18)25(35)33-16-28(17-33)14-32(15-28)20-9-21(12-31-11-20)34-26(36)22-5-4-19(10-29)8-24(22)27(34,2)3/h4-9,11-13H,14-17H2,1-3H3. The van der Waals surface area contributed by atoms with E-state index in [1.165, 1.54) is 0 Å². The summed E-state index contributed by atoms with van der Waals surface area (Å²) in [6.45, 7) is 9.08. The molecule has 0 unspecified atom stereocenters. The van der Waals surface area contributed by atoms with Gasteiger partial charge in [0, 0.05) is 49.6 Å². The van der Waals surface area contributed by atoms with Crippen LogP contribution in [0.1, 0.15) is 51.3 Å². The van der Waals surface area contributed by atoms with Gasteiger partial charge in [0.2, 0.25) is 0 Å². The number of likely N-dealkylation sites (tertiary alicyclic amines) is 1. The second-order valence-corrected chi connectivity index (χ2v) is 10.7. The number of fused-ring (bicyclic) bond motifs is 1. The molecular weight excluding hydrogens is 452 g/mol. The van der Waals surface area contributed by atoms with Crippen molar-refractivity contribution in [2.75, 3.05) is 36.0 Å². The molecule has 2 amide bonds. The molecule has 180 valence electrons. The smallest absolute Gasteiger partial charge is 0.259 e. The Kier molecular flexibility index (Phi) is 4.71. The molecule has 36 heavy (non-hydrogen) atoms. The SMILES string of the molecule is Cc1ccncc1C(=O)N1CC2(C1)CN(c1cncc(N3C(=O)c4ccc(C#N)cc4C3(C)C)c1)C2. The van der Waals surface area contributed by atoms with Crippen LogP contribution in [0.15, 0.2) is 55.1 Å². The number of aromatic nitrogens is 2. The Morgan fingerprint density at radius 1 is 1.00 bits per heavy atom. The number of amides is 2. The van der Waals surface area contributed by atoms with E-state index in [2.05, 4.69) is 20.9 Å². The van der Waals surface area contributed by atoms with Crippen LogP contribution in [-0.2, 0) is 5.54 Å². The van der Waals surface area contributed by atoms with Crippen LogP contribution in [0, 0.1) is 23.7 Å². The quantitative estimate of drug-likeness (QED) is 0.572. The maximum atomic E-state index is 13.3. The molecule has 0 aliphatic carbocycles. The average Bonchev–Trinajstić information content (AvgIpc) is 3.02. The molecule has 0 atom stereocenters. The summed E-state index contributed by atoms with van der Waals surface area (Å²) in [4.78, 5) is 40.7. The number of rotatable bonds is 3. The Labute approximate surface area is 209 Å². The number of nitriles is 1. The summed E-state index contributed by atoms with van der Waals surface area (Å²) in [6.07, 6.45) is 6.89. The van der Waals surface area contributed by atoms with Crippen molar-refractivity contribution in [2.24, 2.45) is 5.41 Å². The van der Waals surface area contributed by atoms with Gasteiger partial charge in [0.05, 0.1) is 46.5 Å². The van der Waals surface area contributed by atoms with Crippen LogP contribution in [0.3, 0.4) is 0 Å². The maximum absolute atomic E-state index is 13.3. The van der Waals surface area contributed by atoms with E-state index in [0.717, 1.165) is 48.7 Å². The van der Waals surface area contributed by atoms with Gasteiger partial charge in [-0.2, -0.15) is 5.26 Å². The van der Waals surface area contributed by atoms with Crippen molar-refractivity contribution in [3.05, 3.63) is 82.9 Å². The van der Waals surface area contributed by atoms with Crippen molar-refractivity contribution >= 4 is 23.2 Å². The van der Waals surface area contributed by atoms with Crippen LogP contribution in [-0.4, -0.2) is 52.9 Å². The first-order valence-corrected chi connectivity index (χ1v) is 12.0. The predicted molar refractivity (Wildman–Crippen MR) is 135 cm³/mol. The number of anilines is 2. The lowest BCUT2D eigenvalue weighted by Crippen LogP contribution is -2.73. The van der Waals surface area contributed by atoms with Gasteiger partial charge < -0.3 is 9.80 Å². The molecule has 3 aliphatic rings. The molecule has 1 aromatic carbocycles. The van der Waals surface area contributed by atoms with Crippen LogP contribution >= 0.6 is 0 Å². The Morgan fingerprint density at radius 3 is 2.47 bits per heavy atom. The molecule has 2 saturated heterocycles. The van der Waals surface area contributed by atoms with Crippen molar-refractivity contribution < 1.29 is 9.59 Å². The third kappa shape index (κ3) is 3.19. The van der Waals surface area contributed by atoms with Gasteiger partial charge in [-0.1, -0.05) is 0 Å². The summed E-state index contributed by atoms with van der Waals surface area (Å²) >= 11 is 0. The van der Waals surface area contributed by atoms with Crippen LogP contribution in [0.4, 0.5) is 11.4 Å². The van der Waals surface area contributed by atoms with Crippen molar-refractivity contribution in [2.45, 2.75) is 26.3 Å². The summed E-state index contributed by atoms with van der Waals surface area (Å²) in [5.41, 5.74) is 4.82. The lowest BCUT2D eigenvalue weighted by Gasteiger charge is -2.60. The second kappa shape index (κ2) is 7.62. The van der Waals surface area contributed by atoms with E-state index in [1.54, 1.807) is 41.7 Å². The molecule has 1 spiro atoms. The van der Waals surface area contributed by atoms with Crippen molar-refractivity contribution in [3.8, 4) is 6.07 Å². The molecule has 8 nitrogen and oxygen atoms in total. The third-order valence-corrected chi connectivity index (χ3v) is 7.79. The predicted octanol–water partition coefficient (Wildman–Crippen LogP) is 3.51. The molecular formula is C28H26N6O2. The first kappa shape index (κ1) is 22.2. The van der Waals surface area contributed by atoms with E-state index in [-0.39, 0.29) is 17.2 Å². The van der Waals surface area contributed by atoms with Gasteiger partial charge in [0.25, 0.3) is 11.8 Å². The van der Waals surface area contributed by atoms with Gasteiger partial charge in [-0.05, 0) is 62.2 Å². The topological polar surface area (TPSA) is 93.4 Å². The molecule has 8 heteroatoms. The molecule has 5 heterocycles. The third-order valence-electron chi connectivity index (χ3n) is 7.79. The zero-order valence-electron chi connectivity index (χ0n) is 20.5. The van der Waals surface area contributed by atoms with Gasteiger partial charge in [0.15, 0.2) is 0 Å². The highest BCUT2D eigenvalue weighted by Gasteiger charge is 2.53. The van der Waals surface area contributed by atoms with Gasteiger partial charge in [0.1, 0.15) is 0 Å². The number of hydrogen-bond acceptors (Lipinski definition) is 6. The fourth-order valence-corrected chi connectivity index (χ4v) is 5.86. The van der Waals surface area contributed by atoms with Crippen LogP contribution in [0.2, 0.25) is 0 Å². The average molecular weight is 479 g/mol. The minimum atomic E-state index is -0.602. The monoisotopic (exact) mass is 478 g/mol. The summed E-state index contributed by atoms with van der Waals surface area (Å²) < 4.78 is 0. The van der Waals surface area contributed by atoms with Gasteiger partial charge in [-0.3, -0.25) is 24.5 Å². The molecule has 0 saturated carbocycles. The maximum Gasteiger partial charge on any atom is 0.259 e. The number of carbonyl (C=O) groups is 2. The normalized spacial score (nSPS) is 18.9. The highest BCUT2D eigenvalue weighted by atomic mass is 16.2. The Bertz CT molecular complexity index is 1460. The zero-order valence-corrected chi connectivity index (χ0v) is 20.5. The van der Waals surface area contributed by atoms with Crippen LogP contribution in [0.5, 0.6) is 0 Å². The summed E-state index contributed by atoms with van der Waals surface area (Å²) in [6, 6.07) is 11.3. The Balaban J connectivity index is 1.17. The highest BCUT2D eigenvalue weighted by Crippen LogP contribution is 2.45. The number of benzene rings is 1. The Hall–Kier alpha value is -4.25. The van der Waals surface area contributed by atoms with Crippen molar-refractivity contribution in [3.63, 3.8) is 0 Å². The number of hydrogen-bond donors (Lipinski definition) is 0.